The average molecular weight is 362 g/mol. The van der Waals surface area contributed by atoms with Crippen molar-refractivity contribution in [2.45, 2.75) is 32.3 Å². The van der Waals surface area contributed by atoms with Crippen molar-refractivity contribution >= 4 is 6.21 Å². The van der Waals surface area contributed by atoms with Crippen LogP contribution in [-0.2, 0) is 4.74 Å². The second-order valence-electron chi connectivity index (χ2n) is 6.35. The van der Waals surface area contributed by atoms with Crippen molar-refractivity contribution in [2.24, 2.45) is 4.99 Å². The molecule has 0 aliphatic carbocycles. The maximum atomic E-state index is 5.28. The van der Waals surface area contributed by atoms with Crippen molar-refractivity contribution in [3.05, 3.63) is 49.2 Å². The first-order valence-corrected chi connectivity index (χ1v) is 9.26. The molecule has 1 fully saturated rings. The molecule has 1 heterocycles. The van der Waals surface area contributed by atoms with Gasteiger partial charge in [-0.3, -0.25) is 4.99 Å². The number of nitrogens with zero attached hydrogens (tertiary/aromatic N) is 2. The molecule has 1 atom stereocenters. The zero-order valence-electron chi connectivity index (χ0n) is 16.4. The second-order valence-corrected chi connectivity index (χ2v) is 6.35. The molecule has 0 amide bonds. The SMILES string of the molecule is C=CN=CC=C(NCCC(C)OC)NC(=C)CCC(=C)N1CCNCC1. The normalized spacial score (nSPS) is 16.4. The van der Waals surface area contributed by atoms with E-state index >= 15 is 0 Å². The third-order valence-corrected chi connectivity index (χ3v) is 4.29. The van der Waals surface area contributed by atoms with Crippen LogP contribution in [-0.4, -0.2) is 57.1 Å². The van der Waals surface area contributed by atoms with Crippen molar-refractivity contribution in [3.8, 4) is 0 Å². The minimum Gasteiger partial charge on any atom is -0.382 e. The molecule has 0 bridgehead atoms. The molecular weight excluding hydrogens is 326 g/mol. The van der Waals surface area contributed by atoms with E-state index in [1.807, 2.05) is 6.08 Å². The fourth-order valence-corrected chi connectivity index (χ4v) is 2.54. The van der Waals surface area contributed by atoms with Crippen molar-refractivity contribution in [3.63, 3.8) is 0 Å². The van der Waals surface area contributed by atoms with Crippen LogP contribution < -0.4 is 16.0 Å². The smallest absolute Gasteiger partial charge is 0.104 e. The zero-order chi connectivity index (χ0) is 19.2. The maximum absolute atomic E-state index is 5.28. The predicted molar refractivity (Wildman–Crippen MR) is 111 cm³/mol. The molecular formula is C20H35N5O. The molecule has 0 spiro atoms. The summed E-state index contributed by atoms with van der Waals surface area (Å²) in [5.41, 5.74) is 2.13. The maximum Gasteiger partial charge on any atom is 0.104 e. The van der Waals surface area contributed by atoms with E-state index < -0.39 is 0 Å². The van der Waals surface area contributed by atoms with Gasteiger partial charge in [-0.05, 0) is 32.3 Å². The van der Waals surface area contributed by atoms with E-state index in [-0.39, 0.29) is 6.10 Å². The van der Waals surface area contributed by atoms with Crippen molar-refractivity contribution in [1.82, 2.24) is 20.9 Å². The minimum absolute atomic E-state index is 0.219. The molecule has 0 saturated carbocycles. The number of allylic oxidation sites excluding steroid dienone is 3. The number of methoxy groups -OCH3 is 1. The molecule has 6 nitrogen and oxygen atoms in total. The van der Waals surface area contributed by atoms with Gasteiger partial charge in [0.05, 0.1) is 6.10 Å². The molecule has 26 heavy (non-hydrogen) atoms. The van der Waals surface area contributed by atoms with Gasteiger partial charge in [0, 0.05) is 63.6 Å². The van der Waals surface area contributed by atoms with Crippen LogP contribution in [0.2, 0.25) is 0 Å². The molecule has 1 unspecified atom stereocenters. The number of hydrogen-bond acceptors (Lipinski definition) is 6. The Balaban J connectivity index is 2.44. The highest BCUT2D eigenvalue weighted by Crippen LogP contribution is 2.13. The predicted octanol–water partition coefficient (Wildman–Crippen LogP) is 2.36. The Labute approximate surface area is 158 Å². The lowest BCUT2D eigenvalue weighted by Gasteiger charge is -2.31. The van der Waals surface area contributed by atoms with Crippen LogP contribution in [0.15, 0.2) is 54.2 Å². The Bertz CT molecular complexity index is 506. The van der Waals surface area contributed by atoms with E-state index in [2.05, 4.69) is 52.5 Å². The minimum atomic E-state index is 0.219. The van der Waals surface area contributed by atoms with Crippen molar-refractivity contribution < 1.29 is 4.74 Å². The van der Waals surface area contributed by atoms with Crippen LogP contribution in [0.3, 0.4) is 0 Å². The Morgan fingerprint density at radius 2 is 2.04 bits per heavy atom. The summed E-state index contributed by atoms with van der Waals surface area (Å²) in [5.74, 6) is 0.872. The highest BCUT2D eigenvalue weighted by Gasteiger charge is 2.11. The fourth-order valence-electron chi connectivity index (χ4n) is 2.54. The van der Waals surface area contributed by atoms with Gasteiger partial charge in [-0.25, -0.2) is 0 Å². The lowest BCUT2D eigenvalue weighted by atomic mass is 10.2. The number of aliphatic imine (C=N–C) groups is 1. The average Bonchev–Trinajstić information content (AvgIpc) is 2.66. The first-order valence-electron chi connectivity index (χ1n) is 9.26. The van der Waals surface area contributed by atoms with Crippen LogP contribution >= 0.6 is 0 Å². The van der Waals surface area contributed by atoms with Crippen LogP contribution in [0.5, 0.6) is 0 Å². The Morgan fingerprint density at radius 3 is 2.69 bits per heavy atom. The van der Waals surface area contributed by atoms with Crippen molar-refractivity contribution in [1.29, 1.82) is 0 Å². The van der Waals surface area contributed by atoms with E-state index in [0.717, 1.165) is 63.5 Å². The number of ether oxygens (including phenoxy) is 1. The molecule has 1 aliphatic heterocycles. The first-order chi connectivity index (χ1) is 12.6. The molecule has 0 aromatic heterocycles. The number of hydrogen-bond donors (Lipinski definition) is 3. The van der Waals surface area contributed by atoms with E-state index in [0.29, 0.717) is 0 Å². The van der Waals surface area contributed by atoms with Gasteiger partial charge in [0.2, 0.25) is 0 Å². The summed E-state index contributed by atoms with van der Waals surface area (Å²) < 4.78 is 5.28. The summed E-state index contributed by atoms with van der Waals surface area (Å²) in [6.07, 6.45) is 7.98. The molecule has 3 N–H and O–H groups in total. The summed E-state index contributed by atoms with van der Waals surface area (Å²) in [4.78, 5) is 6.36. The topological polar surface area (TPSA) is 60.9 Å². The fraction of sp³-hybridized carbons (Fsp3) is 0.550. The van der Waals surface area contributed by atoms with Gasteiger partial charge < -0.3 is 25.6 Å². The second kappa shape index (κ2) is 13.2. The van der Waals surface area contributed by atoms with Gasteiger partial charge in [0.1, 0.15) is 5.82 Å². The third-order valence-electron chi connectivity index (χ3n) is 4.29. The van der Waals surface area contributed by atoms with Crippen LogP contribution in [0.4, 0.5) is 0 Å². The zero-order valence-corrected chi connectivity index (χ0v) is 16.4. The van der Waals surface area contributed by atoms with Gasteiger partial charge in [0.15, 0.2) is 0 Å². The molecule has 6 heteroatoms. The summed E-state index contributed by atoms with van der Waals surface area (Å²) in [5, 5.41) is 10.1. The quantitative estimate of drug-likeness (QED) is 0.440. The lowest BCUT2D eigenvalue weighted by molar-refractivity contribution is 0.111. The number of piperazine rings is 1. The molecule has 1 rings (SSSR count). The number of nitrogens with one attached hydrogen (secondary N) is 3. The number of rotatable bonds is 13. The van der Waals surface area contributed by atoms with Crippen LogP contribution in [0.1, 0.15) is 26.2 Å². The summed E-state index contributed by atoms with van der Waals surface area (Å²) in [6, 6.07) is 0. The Kier molecular flexibility index (Phi) is 11.2. The summed E-state index contributed by atoms with van der Waals surface area (Å²) >= 11 is 0. The molecule has 0 aromatic carbocycles. The highest BCUT2D eigenvalue weighted by atomic mass is 16.5. The van der Waals surface area contributed by atoms with E-state index in [9.17, 15) is 0 Å². The van der Waals surface area contributed by atoms with E-state index in [1.165, 1.54) is 11.9 Å². The van der Waals surface area contributed by atoms with Gasteiger partial charge in [0.25, 0.3) is 0 Å². The van der Waals surface area contributed by atoms with E-state index in [1.54, 1.807) is 13.3 Å². The van der Waals surface area contributed by atoms with Crippen LogP contribution in [0, 0.1) is 0 Å². The molecule has 1 aliphatic rings. The third kappa shape index (κ3) is 9.44. The highest BCUT2D eigenvalue weighted by molar-refractivity contribution is 5.72. The lowest BCUT2D eigenvalue weighted by Crippen LogP contribution is -2.42. The van der Waals surface area contributed by atoms with Gasteiger partial charge in [-0.2, -0.15) is 0 Å². The molecule has 0 aromatic rings. The standard InChI is InChI=1S/C20H35N5O/c1-6-21-11-10-20(23-12-9-19(4)26-5)24-17(2)7-8-18(3)25-15-13-22-14-16-25/h6,10-11,19,22-24H,1-3,7-9,12-16H2,4-5H3. The van der Waals surface area contributed by atoms with E-state index in [4.69, 9.17) is 4.74 Å². The van der Waals surface area contributed by atoms with Gasteiger partial charge in [-0.15, -0.1) is 0 Å². The largest absolute Gasteiger partial charge is 0.382 e. The first kappa shape index (κ1) is 22.0. The van der Waals surface area contributed by atoms with Gasteiger partial charge in [-0.1, -0.05) is 19.7 Å². The Morgan fingerprint density at radius 1 is 1.31 bits per heavy atom. The van der Waals surface area contributed by atoms with Gasteiger partial charge >= 0.3 is 0 Å². The summed E-state index contributed by atoms with van der Waals surface area (Å²) in [7, 11) is 1.73. The Hall–Kier alpha value is -2.05. The van der Waals surface area contributed by atoms with Crippen molar-refractivity contribution in [2.75, 3.05) is 39.8 Å². The monoisotopic (exact) mass is 361 g/mol. The molecule has 0 radical (unpaired) electrons. The van der Waals surface area contributed by atoms with Crippen LogP contribution in [0.25, 0.3) is 0 Å². The summed E-state index contributed by atoms with van der Waals surface area (Å²) in [6.45, 7) is 18.9. The molecule has 146 valence electrons. The molecule has 1 saturated heterocycles.